The number of benzene rings is 1. The molecule has 1 aliphatic carbocycles. The Morgan fingerprint density at radius 2 is 1.55 bits per heavy atom. The van der Waals surface area contributed by atoms with Crippen molar-refractivity contribution >= 4 is 46.4 Å². The van der Waals surface area contributed by atoms with E-state index >= 15 is 0 Å². The van der Waals surface area contributed by atoms with E-state index in [1.165, 1.54) is 32.1 Å². The van der Waals surface area contributed by atoms with Gasteiger partial charge in [-0.05, 0) is 25.0 Å². The first kappa shape index (κ1) is 17.9. The van der Waals surface area contributed by atoms with E-state index in [1.807, 2.05) is 0 Å². The molecule has 2 rings (SSSR count). The van der Waals surface area contributed by atoms with Gasteiger partial charge < -0.3 is 10.6 Å². The number of hydrogen-bond acceptors (Lipinski definition) is 2. The van der Waals surface area contributed by atoms with Crippen LogP contribution in [0.15, 0.2) is 12.1 Å². The van der Waals surface area contributed by atoms with Crippen LogP contribution < -0.4 is 10.6 Å². The van der Waals surface area contributed by atoms with E-state index in [4.69, 9.17) is 34.8 Å². The minimum atomic E-state index is -0.145. The van der Waals surface area contributed by atoms with Crippen LogP contribution in [0.4, 0.5) is 5.69 Å². The SMILES string of the molecule is O=C(CNC1CCCCCCC1)Nc1c(Cl)cc(Cl)cc1Cl. The Balaban J connectivity index is 1.85. The van der Waals surface area contributed by atoms with Crippen LogP contribution in [-0.4, -0.2) is 18.5 Å². The lowest BCUT2D eigenvalue weighted by Gasteiger charge is -2.21. The van der Waals surface area contributed by atoms with Crippen molar-refractivity contribution in [3.05, 3.63) is 27.2 Å². The third-order valence-electron chi connectivity index (χ3n) is 3.93. The highest BCUT2D eigenvalue weighted by molar-refractivity contribution is 6.42. The van der Waals surface area contributed by atoms with Gasteiger partial charge in [0.1, 0.15) is 0 Å². The lowest BCUT2D eigenvalue weighted by molar-refractivity contribution is -0.115. The quantitative estimate of drug-likeness (QED) is 0.763. The molecule has 0 atom stereocenters. The van der Waals surface area contributed by atoms with Gasteiger partial charge in [-0.25, -0.2) is 0 Å². The predicted molar refractivity (Wildman–Crippen MR) is 94.2 cm³/mol. The summed E-state index contributed by atoms with van der Waals surface area (Å²) >= 11 is 18.0. The molecule has 3 nitrogen and oxygen atoms in total. The molecule has 0 radical (unpaired) electrons. The summed E-state index contributed by atoms with van der Waals surface area (Å²) in [5.74, 6) is -0.145. The monoisotopic (exact) mass is 362 g/mol. The van der Waals surface area contributed by atoms with Gasteiger partial charge in [-0.1, -0.05) is 66.9 Å². The number of amides is 1. The summed E-state index contributed by atoms with van der Waals surface area (Å²) in [5, 5.41) is 7.22. The van der Waals surface area contributed by atoms with Gasteiger partial charge in [-0.15, -0.1) is 0 Å². The Hall–Kier alpha value is -0.480. The predicted octanol–water partition coefficient (Wildman–Crippen LogP) is 5.29. The molecule has 0 aromatic heterocycles. The van der Waals surface area contributed by atoms with Gasteiger partial charge in [0.2, 0.25) is 5.91 Å². The molecule has 1 amide bonds. The fraction of sp³-hybridized carbons (Fsp3) is 0.562. The summed E-state index contributed by atoms with van der Waals surface area (Å²) in [4.78, 5) is 12.1. The third kappa shape index (κ3) is 5.62. The van der Waals surface area contributed by atoms with Crippen LogP contribution in [0.5, 0.6) is 0 Å². The molecule has 1 fully saturated rings. The fourth-order valence-corrected chi connectivity index (χ4v) is 3.65. The molecule has 22 heavy (non-hydrogen) atoms. The highest BCUT2D eigenvalue weighted by Gasteiger charge is 2.14. The molecule has 1 aromatic carbocycles. The Kier molecular flexibility index (Phi) is 7.29. The first-order valence-corrected chi connectivity index (χ1v) is 8.87. The van der Waals surface area contributed by atoms with E-state index in [0.29, 0.717) is 26.8 Å². The normalized spacial score (nSPS) is 16.9. The highest BCUT2D eigenvalue weighted by Crippen LogP contribution is 2.33. The number of nitrogens with one attached hydrogen (secondary N) is 2. The van der Waals surface area contributed by atoms with Crippen LogP contribution in [0.1, 0.15) is 44.9 Å². The van der Waals surface area contributed by atoms with Crippen LogP contribution in [-0.2, 0) is 4.79 Å². The van der Waals surface area contributed by atoms with Crippen molar-refractivity contribution in [3.8, 4) is 0 Å². The van der Waals surface area contributed by atoms with E-state index < -0.39 is 0 Å². The number of anilines is 1. The van der Waals surface area contributed by atoms with Gasteiger partial charge in [-0.3, -0.25) is 4.79 Å². The van der Waals surface area contributed by atoms with Crippen molar-refractivity contribution in [1.29, 1.82) is 0 Å². The van der Waals surface area contributed by atoms with E-state index in [2.05, 4.69) is 10.6 Å². The van der Waals surface area contributed by atoms with Crippen molar-refractivity contribution in [2.45, 2.75) is 51.0 Å². The molecular weight excluding hydrogens is 343 g/mol. The van der Waals surface area contributed by atoms with E-state index in [0.717, 1.165) is 12.8 Å². The zero-order chi connectivity index (χ0) is 15.9. The summed E-state index contributed by atoms with van der Waals surface area (Å²) in [7, 11) is 0. The van der Waals surface area contributed by atoms with Crippen LogP contribution >= 0.6 is 34.8 Å². The molecule has 0 spiro atoms. The Bertz CT molecular complexity index is 491. The number of carbonyl (C=O) groups excluding carboxylic acids is 1. The van der Waals surface area contributed by atoms with Gasteiger partial charge in [0.05, 0.1) is 22.3 Å². The lowest BCUT2D eigenvalue weighted by Crippen LogP contribution is -2.36. The van der Waals surface area contributed by atoms with Gasteiger partial charge in [0.15, 0.2) is 0 Å². The Morgan fingerprint density at radius 3 is 2.14 bits per heavy atom. The standard InChI is InChI=1S/C16H21Cl3N2O/c17-11-8-13(18)16(14(19)9-11)21-15(22)10-20-12-6-4-2-1-3-5-7-12/h8-9,12,20H,1-7,10H2,(H,21,22). The van der Waals surface area contributed by atoms with Crippen LogP contribution in [0, 0.1) is 0 Å². The first-order chi connectivity index (χ1) is 10.6. The Labute approximate surface area is 146 Å². The van der Waals surface area contributed by atoms with E-state index in [-0.39, 0.29) is 12.5 Å². The van der Waals surface area contributed by atoms with Crippen LogP contribution in [0.3, 0.4) is 0 Å². The average molecular weight is 364 g/mol. The largest absolute Gasteiger partial charge is 0.322 e. The maximum Gasteiger partial charge on any atom is 0.238 e. The zero-order valence-corrected chi connectivity index (χ0v) is 14.7. The maximum atomic E-state index is 12.1. The number of rotatable bonds is 4. The van der Waals surface area contributed by atoms with Gasteiger partial charge in [0.25, 0.3) is 0 Å². The topological polar surface area (TPSA) is 41.1 Å². The summed E-state index contributed by atoms with van der Waals surface area (Å²) in [6, 6.07) is 3.54. The summed E-state index contributed by atoms with van der Waals surface area (Å²) in [5.41, 5.74) is 0.414. The molecule has 0 saturated heterocycles. The number of halogens is 3. The molecule has 0 heterocycles. The second-order valence-electron chi connectivity index (χ2n) is 5.72. The fourth-order valence-electron chi connectivity index (χ4n) is 2.74. The van der Waals surface area contributed by atoms with Crippen LogP contribution in [0.25, 0.3) is 0 Å². The first-order valence-electron chi connectivity index (χ1n) is 7.74. The van der Waals surface area contributed by atoms with Gasteiger partial charge in [0, 0.05) is 11.1 Å². The summed E-state index contributed by atoms with van der Waals surface area (Å²) < 4.78 is 0. The van der Waals surface area contributed by atoms with Gasteiger partial charge >= 0.3 is 0 Å². The zero-order valence-electron chi connectivity index (χ0n) is 12.4. The third-order valence-corrected chi connectivity index (χ3v) is 4.74. The van der Waals surface area contributed by atoms with Gasteiger partial charge in [-0.2, -0.15) is 0 Å². The van der Waals surface area contributed by atoms with Crippen molar-refractivity contribution in [2.24, 2.45) is 0 Å². The molecular formula is C16H21Cl3N2O. The molecule has 122 valence electrons. The molecule has 6 heteroatoms. The summed E-state index contributed by atoms with van der Waals surface area (Å²) in [6.07, 6.45) is 8.65. The molecule has 1 aromatic rings. The van der Waals surface area contributed by atoms with E-state index in [1.54, 1.807) is 12.1 Å². The van der Waals surface area contributed by atoms with Crippen molar-refractivity contribution in [2.75, 3.05) is 11.9 Å². The maximum absolute atomic E-state index is 12.1. The van der Waals surface area contributed by atoms with Crippen molar-refractivity contribution in [1.82, 2.24) is 5.32 Å². The highest BCUT2D eigenvalue weighted by atomic mass is 35.5. The molecule has 1 saturated carbocycles. The number of carbonyl (C=O) groups is 1. The molecule has 0 bridgehead atoms. The average Bonchev–Trinajstić information content (AvgIpc) is 2.41. The molecule has 0 aliphatic heterocycles. The molecule has 1 aliphatic rings. The smallest absolute Gasteiger partial charge is 0.238 e. The molecule has 0 unspecified atom stereocenters. The van der Waals surface area contributed by atoms with Crippen LogP contribution in [0.2, 0.25) is 15.1 Å². The second kappa shape index (κ2) is 8.97. The van der Waals surface area contributed by atoms with Crippen molar-refractivity contribution < 1.29 is 4.79 Å². The second-order valence-corrected chi connectivity index (χ2v) is 6.97. The van der Waals surface area contributed by atoms with E-state index in [9.17, 15) is 4.79 Å². The molecule has 2 N–H and O–H groups in total. The number of hydrogen-bond donors (Lipinski definition) is 2. The Morgan fingerprint density at radius 1 is 1.00 bits per heavy atom. The lowest BCUT2D eigenvalue weighted by atomic mass is 9.97. The minimum Gasteiger partial charge on any atom is -0.322 e. The minimum absolute atomic E-state index is 0.145. The summed E-state index contributed by atoms with van der Waals surface area (Å²) in [6.45, 7) is 0.264. The van der Waals surface area contributed by atoms with Crippen molar-refractivity contribution in [3.63, 3.8) is 0 Å².